The molecule has 3 heteroatoms. The molecule has 0 spiro atoms. The third-order valence-electron chi connectivity index (χ3n) is 3.28. The molecule has 1 aliphatic heterocycles. The Morgan fingerprint density at radius 2 is 2.29 bits per heavy atom. The molecule has 0 radical (unpaired) electrons. The molecular formula is C14H19NO2. The Balaban J connectivity index is 2.09. The molecule has 3 nitrogen and oxygen atoms in total. The van der Waals surface area contributed by atoms with E-state index in [1.165, 1.54) is 5.56 Å². The zero-order chi connectivity index (χ0) is 12.3. The minimum Gasteiger partial charge on any atom is -0.366 e. The van der Waals surface area contributed by atoms with E-state index in [1.807, 2.05) is 24.3 Å². The van der Waals surface area contributed by atoms with E-state index in [1.54, 1.807) is 0 Å². The summed E-state index contributed by atoms with van der Waals surface area (Å²) in [6.45, 7) is 2.58. The summed E-state index contributed by atoms with van der Waals surface area (Å²) >= 11 is 0. The van der Waals surface area contributed by atoms with Crippen molar-refractivity contribution in [2.45, 2.75) is 38.4 Å². The van der Waals surface area contributed by atoms with Crippen LogP contribution in [0.25, 0.3) is 0 Å². The third-order valence-corrected chi connectivity index (χ3v) is 3.28. The standard InChI is InChI=1S/C14H19NO2/c1-2-10-4-3-5-11(8-10)14(16)13-7-6-12(9-15)17-13/h3-5,8,12-13H,2,6-7,9,15H2,1H3. The van der Waals surface area contributed by atoms with Crippen LogP contribution < -0.4 is 5.73 Å². The molecule has 1 aliphatic rings. The molecule has 0 aliphatic carbocycles. The first-order valence-electron chi connectivity index (χ1n) is 6.23. The van der Waals surface area contributed by atoms with E-state index < -0.39 is 0 Å². The molecule has 17 heavy (non-hydrogen) atoms. The number of benzene rings is 1. The Morgan fingerprint density at radius 1 is 1.47 bits per heavy atom. The van der Waals surface area contributed by atoms with E-state index in [0.29, 0.717) is 6.54 Å². The topological polar surface area (TPSA) is 52.3 Å². The number of nitrogens with two attached hydrogens (primary N) is 1. The smallest absolute Gasteiger partial charge is 0.191 e. The van der Waals surface area contributed by atoms with Crippen molar-refractivity contribution in [2.75, 3.05) is 6.54 Å². The van der Waals surface area contributed by atoms with Crippen LogP contribution in [0.4, 0.5) is 0 Å². The lowest BCUT2D eigenvalue weighted by atomic mass is 10.0. The summed E-state index contributed by atoms with van der Waals surface area (Å²) in [4.78, 5) is 12.2. The second-order valence-corrected chi connectivity index (χ2v) is 4.48. The normalized spacial score (nSPS) is 23.9. The van der Waals surface area contributed by atoms with Gasteiger partial charge in [0.2, 0.25) is 0 Å². The van der Waals surface area contributed by atoms with Gasteiger partial charge in [-0.15, -0.1) is 0 Å². The first kappa shape index (κ1) is 12.3. The molecule has 1 fully saturated rings. The number of ketones is 1. The van der Waals surface area contributed by atoms with Crippen LogP contribution in [0.5, 0.6) is 0 Å². The molecular weight excluding hydrogens is 214 g/mol. The summed E-state index contributed by atoms with van der Waals surface area (Å²) in [6, 6.07) is 7.79. The lowest BCUT2D eigenvalue weighted by Gasteiger charge is -2.11. The number of ether oxygens (including phenoxy) is 1. The number of carbonyl (C=O) groups excluding carboxylic acids is 1. The van der Waals surface area contributed by atoms with Crippen molar-refractivity contribution in [3.05, 3.63) is 35.4 Å². The number of hydrogen-bond acceptors (Lipinski definition) is 3. The van der Waals surface area contributed by atoms with Crippen LogP contribution in [-0.2, 0) is 11.2 Å². The average molecular weight is 233 g/mol. The highest BCUT2D eigenvalue weighted by molar-refractivity contribution is 5.99. The molecule has 0 saturated carbocycles. The molecule has 2 atom stereocenters. The van der Waals surface area contributed by atoms with Crippen molar-refractivity contribution in [3.8, 4) is 0 Å². The molecule has 0 amide bonds. The summed E-state index contributed by atoms with van der Waals surface area (Å²) in [6.07, 6.45) is 2.38. The maximum absolute atomic E-state index is 12.2. The van der Waals surface area contributed by atoms with Gasteiger partial charge in [-0.2, -0.15) is 0 Å². The first-order chi connectivity index (χ1) is 8.24. The highest BCUT2D eigenvalue weighted by atomic mass is 16.5. The van der Waals surface area contributed by atoms with Crippen molar-refractivity contribution in [2.24, 2.45) is 5.73 Å². The molecule has 1 heterocycles. The molecule has 1 aromatic carbocycles. The van der Waals surface area contributed by atoms with Crippen molar-refractivity contribution in [1.82, 2.24) is 0 Å². The first-order valence-corrected chi connectivity index (χ1v) is 6.23. The maximum atomic E-state index is 12.2. The fourth-order valence-corrected chi connectivity index (χ4v) is 2.20. The van der Waals surface area contributed by atoms with E-state index in [2.05, 4.69) is 6.92 Å². The number of aryl methyl sites for hydroxylation is 1. The monoisotopic (exact) mass is 233 g/mol. The summed E-state index contributed by atoms with van der Waals surface area (Å²) in [5.41, 5.74) is 7.49. The maximum Gasteiger partial charge on any atom is 0.191 e. The minimum atomic E-state index is -0.296. The summed E-state index contributed by atoms with van der Waals surface area (Å²) < 4.78 is 5.63. The fraction of sp³-hybridized carbons (Fsp3) is 0.500. The van der Waals surface area contributed by atoms with Crippen LogP contribution >= 0.6 is 0 Å². The summed E-state index contributed by atoms with van der Waals surface area (Å²) in [5, 5.41) is 0. The van der Waals surface area contributed by atoms with Gasteiger partial charge in [0.15, 0.2) is 5.78 Å². The van der Waals surface area contributed by atoms with Gasteiger partial charge in [0, 0.05) is 12.1 Å². The van der Waals surface area contributed by atoms with Gasteiger partial charge in [0.05, 0.1) is 6.10 Å². The molecule has 0 bridgehead atoms. The average Bonchev–Trinajstić information content (AvgIpc) is 2.86. The van der Waals surface area contributed by atoms with Crippen LogP contribution in [0.15, 0.2) is 24.3 Å². The molecule has 2 rings (SSSR count). The highest BCUT2D eigenvalue weighted by Crippen LogP contribution is 2.22. The summed E-state index contributed by atoms with van der Waals surface area (Å²) in [7, 11) is 0. The zero-order valence-electron chi connectivity index (χ0n) is 10.2. The predicted molar refractivity (Wildman–Crippen MR) is 67.1 cm³/mol. The molecule has 1 saturated heterocycles. The van der Waals surface area contributed by atoms with Crippen LogP contribution in [0, 0.1) is 0 Å². The van der Waals surface area contributed by atoms with Crippen molar-refractivity contribution in [3.63, 3.8) is 0 Å². The Bertz CT molecular complexity index is 403. The second-order valence-electron chi connectivity index (χ2n) is 4.48. The van der Waals surface area contributed by atoms with Crippen molar-refractivity contribution in [1.29, 1.82) is 0 Å². The van der Waals surface area contributed by atoms with E-state index in [-0.39, 0.29) is 18.0 Å². The van der Waals surface area contributed by atoms with Crippen molar-refractivity contribution >= 4 is 5.78 Å². The number of Topliss-reactive ketones (excluding diaryl/α,β-unsaturated/α-hetero) is 1. The SMILES string of the molecule is CCc1cccc(C(=O)C2CCC(CN)O2)c1. The molecule has 2 N–H and O–H groups in total. The highest BCUT2D eigenvalue weighted by Gasteiger charge is 2.30. The van der Waals surface area contributed by atoms with E-state index in [0.717, 1.165) is 24.8 Å². The minimum absolute atomic E-state index is 0.0540. The van der Waals surface area contributed by atoms with Gasteiger partial charge in [-0.3, -0.25) is 4.79 Å². The largest absolute Gasteiger partial charge is 0.366 e. The van der Waals surface area contributed by atoms with E-state index >= 15 is 0 Å². The van der Waals surface area contributed by atoms with Crippen LogP contribution in [0.2, 0.25) is 0 Å². The van der Waals surface area contributed by atoms with Gasteiger partial charge in [-0.1, -0.05) is 25.1 Å². The Morgan fingerprint density at radius 3 is 2.94 bits per heavy atom. The van der Waals surface area contributed by atoms with Crippen LogP contribution in [-0.4, -0.2) is 24.5 Å². The van der Waals surface area contributed by atoms with Gasteiger partial charge >= 0.3 is 0 Å². The fourth-order valence-electron chi connectivity index (χ4n) is 2.20. The lowest BCUT2D eigenvalue weighted by molar-refractivity contribution is 0.0404. The Labute approximate surface area is 102 Å². The third kappa shape index (κ3) is 2.73. The zero-order valence-corrected chi connectivity index (χ0v) is 10.2. The Kier molecular flexibility index (Phi) is 3.92. The van der Waals surface area contributed by atoms with Crippen molar-refractivity contribution < 1.29 is 9.53 Å². The van der Waals surface area contributed by atoms with Gasteiger partial charge in [0.25, 0.3) is 0 Å². The Hall–Kier alpha value is -1.19. The molecule has 92 valence electrons. The number of carbonyl (C=O) groups is 1. The lowest BCUT2D eigenvalue weighted by Crippen LogP contribution is -2.25. The van der Waals surface area contributed by atoms with Gasteiger partial charge in [-0.25, -0.2) is 0 Å². The van der Waals surface area contributed by atoms with Gasteiger partial charge < -0.3 is 10.5 Å². The molecule has 2 unspecified atom stereocenters. The molecule has 1 aromatic rings. The van der Waals surface area contributed by atoms with Gasteiger partial charge in [-0.05, 0) is 30.9 Å². The predicted octanol–water partition coefficient (Wildman–Crippen LogP) is 1.94. The molecule has 0 aromatic heterocycles. The van der Waals surface area contributed by atoms with E-state index in [4.69, 9.17) is 10.5 Å². The van der Waals surface area contributed by atoms with Gasteiger partial charge in [0.1, 0.15) is 6.10 Å². The quantitative estimate of drug-likeness (QED) is 0.808. The number of rotatable bonds is 4. The van der Waals surface area contributed by atoms with Crippen LogP contribution in [0.1, 0.15) is 35.7 Å². The van der Waals surface area contributed by atoms with Crippen LogP contribution in [0.3, 0.4) is 0 Å². The van der Waals surface area contributed by atoms with E-state index in [9.17, 15) is 4.79 Å². The number of hydrogen-bond donors (Lipinski definition) is 1. The summed E-state index contributed by atoms with van der Waals surface area (Å²) in [5.74, 6) is 0.0938. The second kappa shape index (κ2) is 5.43.